The van der Waals surface area contributed by atoms with Gasteiger partial charge in [0.25, 0.3) is 5.91 Å². The van der Waals surface area contributed by atoms with Gasteiger partial charge in [-0.15, -0.1) is 22.7 Å². The molecule has 0 aliphatic rings. The molecule has 3 aromatic heterocycles. The Kier molecular flexibility index (Phi) is 6.80. The molecular weight excluding hydrogens is 468 g/mol. The standard InChI is InChI=1S/C22H19ClN4O3S2/c1-27(12-17-24-8-9-31-17)11-15-6-7-16-18(19(22(29)30-2)32-21(16)25-15)26-20(28)13-4-3-5-14(23)10-13/h3-10H,11-12H2,1-2H3,(H,26,28). The van der Waals surface area contributed by atoms with E-state index >= 15 is 0 Å². The highest BCUT2D eigenvalue weighted by Crippen LogP contribution is 2.36. The maximum absolute atomic E-state index is 12.8. The highest BCUT2D eigenvalue weighted by atomic mass is 35.5. The first-order valence-electron chi connectivity index (χ1n) is 9.59. The summed E-state index contributed by atoms with van der Waals surface area (Å²) < 4.78 is 4.92. The van der Waals surface area contributed by atoms with E-state index in [-0.39, 0.29) is 5.91 Å². The topological polar surface area (TPSA) is 84.4 Å². The predicted molar refractivity (Wildman–Crippen MR) is 128 cm³/mol. The van der Waals surface area contributed by atoms with Crippen LogP contribution in [0.5, 0.6) is 0 Å². The van der Waals surface area contributed by atoms with Gasteiger partial charge in [0.2, 0.25) is 0 Å². The second kappa shape index (κ2) is 9.74. The summed E-state index contributed by atoms with van der Waals surface area (Å²) in [7, 11) is 3.31. The summed E-state index contributed by atoms with van der Waals surface area (Å²) in [6, 6.07) is 10.4. The van der Waals surface area contributed by atoms with Crippen molar-refractivity contribution in [2.24, 2.45) is 0 Å². The lowest BCUT2D eigenvalue weighted by atomic mass is 10.2. The van der Waals surface area contributed by atoms with E-state index in [0.29, 0.717) is 37.9 Å². The molecule has 0 saturated heterocycles. The lowest BCUT2D eigenvalue weighted by molar-refractivity contribution is 0.0607. The van der Waals surface area contributed by atoms with Gasteiger partial charge in [0.1, 0.15) is 14.7 Å². The highest BCUT2D eigenvalue weighted by Gasteiger charge is 2.22. The first-order valence-corrected chi connectivity index (χ1v) is 11.7. The number of anilines is 1. The van der Waals surface area contributed by atoms with Crippen LogP contribution in [0.1, 0.15) is 30.7 Å². The van der Waals surface area contributed by atoms with Gasteiger partial charge in [0.05, 0.1) is 25.0 Å². The van der Waals surface area contributed by atoms with Gasteiger partial charge in [-0.25, -0.2) is 14.8 Å². The molecular formula is C22H19ClN4O3S2. The van der Waals surface area contributed by atoms with Crippen molar-refractivity contribution in [3.63, 3.8) is 0 Å². The lowest BCUT2D eigenvalue weighted by Gasteiger charge is -2.14. The number of carbonyl (C=O) groups excluding carboxylic acids is 2. The fourth-order valence-corrected chi connectivity index (χ4v) is 5.13. The molecule has 0 bridgehead atoms. The van der Waals surface area contributed by atoms with Crippen LogP contribution in [-0.4, -0.2) is 40.9 Å². The molecule has 3 heterocycles. The van der Waals surface area contributed by atoms with Crippen LogP contribution in [0.2, 0.25) is 5.02 Å². The quantitative estimate of drug-likeness (QED) is 0.367. The predicted octanol–water partition coefficient (Wildman–Crippen LogP) is 5.08. The molecule has 1 aromatic carbocycles. The van der Waals surface area contributed by atoms with E-state index in [4.69, 9.17) is 21.3 Å². The number of benzene rings is 1. The molecule has 164 valence electrons. The van der Waals surface area contributed by atoms with E-state index in [1.165, 1.54) is 18.4 Å². The number of nitrogens with zero attached hydrogens (tertiary/aromatic N) is 3. The third-order valence-corrected chi connectivity index (χ3v) is 6.71. The van der Waals surface area contributed by atoms with Crippen LogP contribution < -0.4 is 5.32 Å². The number of carbonyl (C=O) groups is 2. The number of fused-ring (bicyclic) bond motifs is 1. The summed E-state index contributed by atoms with van der Waals surface area (Å²) in [4.78, 5) is 37.3. The van der Waals surface area contributed by atoms with Crippen molar-refractivity contribution in [2.45, 2.75) is 13.1 Å². The van der Waals surface area contributed by atoms with Gasteiger partial charge in [-0.05, 0) is 37.4 Å². The molecule has 10 heteroatoms. The molecule has 4 aromatic rings. The first-order chi connectivity index (χ1) is 15.4. The van der Waals surface area contributed by atoms with Crippen LogP contribution in [0.3, 0.4) is 0 Å². The smallest absolute Gasteiger partial charge is 0.350 e. The molecule has 0 unspecified atom stereocenters. The maximum Gasteiger partial charge on any atom is 0.350 e. The van der Waals surface area contributed by atoms with Crippen LogP contribution in [0.25, 0.3) is 10.2 Å². The van der Waals surface area contributed by atoms with Crippen molar-refractivity contribution in [1.29, 1.82) is 0 Å². The molecule has 0 fully saturated rings. The number of aromatic nitrogens is 2. The Morgan fingerprint density at radius 3 is 2.78 bits per heavy atom. The van der Waals surface area contributed by atoms with E-state index < -0.39 is 5.97 Å². The van der Waals surface area contributed by atoms with Crippen molar-refractivity contribution in [3.8, 4) is 0 Å². The van der Waals surface area contributed by atoms with Gasteiger partial charge >= 0.3 is 5.97 Å². The number of amides is 1. The van der Waals surface area contributed by atoms with Gasteiger partial charge in [0.15, 0.2) is 0 Å². The number of pyridine rings is 1. The summed E-state index contributed by atoms with van der Waals surface area (Å²) in [5, 5.41) is 6.95. The number of hydrogen-bond donors (Lipinski definition) is 1. The number of esters is 1. The normalized spacial score (nSPS) is 11.1. The molecule has 4 rings (SSSR count). The molecule has 7 nitrogen and oxygen atoms in total. The number of hydrogen-bond acceptors (Lipinski definition) is 8. The molecule has 1 amide bonds. The van der Waals surface area contributed by atoms with Crippen LogP contribution in [0.4, 0.5) is 5.69 Å². The van der Waals surface area contributed by atoms with E-state index in [2.05, 4.69) is 15.2 Å². The summed E-state index contributed by atoms with van der Waals surface area (Å²) >= 11 is 8.80. The summed E-state index contributed by atoms with van der Waals surface area (Å²) in [6.45, 7) is 1.33. The number of thiazole rings is 1. The highest BCUT2D eigenvalue weighted by molar-refractivity contribution is 7.21. The molecule has 0 aliphatic heterocycles. The van der Waals surface area contributed by atoms with Crippen molar-refractivity contribution in [1.82, 2.24) is 14.9 Å². The minimum Gasteiger partial charge on any atom is -0.465 e. The van der Waals surface area contributed by atoms with Gasteiger partial charge < -0.3 is 10.1 Å². The molecule has 32 heavy (non-hydrogen) atoms. The fraction of sp³-hybridized carbons (Fsp3) is 0.182. The third-order valence-electron chi connectivity index (χ3n) is 4.63. The Morgan fingerprint density at radius 2 is 2.06 bits per heavy atom. The summed E-state index contributed by atoms with van der Waals surface area (Å²) in [5.74, 6) is -0.901. The Balaban J connectivity index is 1.62. The van der Waals surface area contributed by atoms with Crippen LogP contribution in [0, 0.1) is 0 Å². The Hall–Kier alpha value is -2.85. The number of rotatable bonds is 7. The van der Waals surface area contributed by atoms with E-state index in [1.54, 1.807) is 41.8 Å². The van der Waals surface area contributed by atoms with Crippen LogP contribution in [0.15, 0.2) is 48.0 Å². The SMILES string of the molecule is COC(=O)c1sc2nc(CN(C)Cc3nccs3)ccc2c1NC(=O)c1cccc(Cl)c1. The van der Waals surface area contributed by atoms with Crippen LogP contribution >= 0.6 is 34.3 Å². The summed E-state index contributed by atoms with van der Waals surface area (Å²) in [5.41, 5.74) is 1.63. The number of ether oxygens (including phenoxy) is 1. The van der Waals surface area contributed by atoms with Crippen LogP contribution in [-0.2, 0) is 17.8 Å². The van der Waals surface area contributed by atoms with E-state index in [9.17, 15) is 9.59 Å². The van der Waals surface area contributed by atoms with Gasteiger partial charge in [-0.2, -0.15) is 0 Å². The second-order valence-electron chi connectivity index (χ2n) is 7.02. The first kappa shape index (κ1) is 22.3. The zero-order valence-electron chi connectivity index (χ0n) is 17.3. The van der Waals surface area contributed by atoms with Crippen molar-refractivity contribution < 1.29 is 14.3 Å². The van der Waals surface area contributed by atoms with Gasteiger partial charge in [-0.3, -0.25) is 9.69 Å². The third kappa shape index (κ3) is 4.97. The van der Waals surface area contributed by atoms with Crippen molar-refractivity contribution >= 4 is 62.1 Å². The Labute approximate surface area is 197 Å². The zero-order chi connectivity index (χ0) is 22.7. The van der Waals surface area contributed by atoms with Gasteiger partial charge in [0, 0.05) is 34.1 Å². The van der Waals surface area contributed by atoms with E-state index in [0.717, 1.165) is 17.2 Å². The lowest BCUT2D eigenvalue weighted by Crippen LogP contribution is -2.17. The minimum atomic E-state index is -0.531. The van der Waals surface area contributed by atoms with Crippen molar-refractivity contribution in [2.75, 3.05) is 19.5 Å². The number of nitrogens with one attached hydrogen (secondary N) is 1. The number of halogens is 1. The molecule has 1 N–H and O–H groups in total. The number of thiophene rings is 1. The average molecular weight is 487 g/mol. The minimum absolute atomic E-state index is 0.290. The molecule has 0 saturated carbocycles. The van der Waals surface area contributed by atoms with Gasteiger partial charge in [-0.1, -0.05) is 17.7 Å². The monoisotopic (exact) mass is 486 g/mol. The fourth-order valence-electron chi connectivity index (χ4n) is 3.18. The molecule has 0 atom stereocenters. The second-order valence-corrected chi connectivity index (χ2v) is 9.43. The average Bonchev–Trinajstić information content (AvgIpc) is 3.41. The summed E-state index contributed by atoms with van der Waals surface area (Å²) in [6.07, 6.45) is 1.79. The largest absolute Gasteiger partial charge is 0.465 e. The number of methoxy groups -OCH3 is 1. The van der Waals surface area contributed by atoms with E-state index in [1.807, 2.05) is 24.6 Å². The van der Waals surface area contributed by atoms with Crippen molar-refractivity contribution in [3.05, 3.63) is 74.1 Å². The molecule has 0 radical (unpaired) electrons. The zero-order valence-corrected chi connectivity index (χ0v) is 19.7. The molecule has 0 spiro atoms. The Morgan fingerprint density at radius 1 is 1.22 bits per heavy atom. The maximum atomic E-state index is 12.8. The Bertz CT molecular complexity index is 1270. The molecule has 0 aliphatic carbocycles.